The van der Waals surface area contributed by atoms with E-state index < -0.39 is 0 Å². The van der Waals surface area contributed by atoms with Crippen molar-refractivity contribution in [3.63, 3.8) is 0 Å². The lowest BCUT2D eigenvalue weighted by atomic mass is 10.2. The van der Waals surface area contributed by atoms with Gasteiger partial charge in [-0.15, -0.1) is 0 Å². The molecule has 1 N–H and O–H groups in total. The third-order valence-electron chi connectivity index (χ3n) is 3.68. The van der Waals surface area contributed by atoms with E-state index in [9.17, 15) is 4.79 Å². The molecule has 2 rings (SSSR count). The van der Waals surface area contributed by atoms with Crippen molar-refractivity contribution >= 4 is 35.1 Å². The molecule has 1 aliphatic heterocycles. The zero-order chi connectivity index (χ0) is 17.2. The van der Waals surface area contributed by atoms with Gasteiger partial charge in [0.2, 0.25) is 5.91 Å². The third-order valence-corrected chi connectivity index (χ3v) is 4.72. The van der Waals surface area contributed by atoms with E-state index in [0.717, 1.165) is 38.3 Å². The first-order valence-corrected chi connectivity index (χ1v) is 9.82. The van der Waals surface area contributed by atoms with Crippen molar-refractivity contribution in [1.82, 2.24) is 15.3 Å². The number of nitrogens with zero attached hydrogens (tertiary/aromatic N) is 3. The Hall–Kier alpha value is -1.05. The first kappa shape index (κ1) is 19.3. The molecule has 0 unspecified atom stereocenters. The molecule has 1 aliphatic rings. The van der Waals surface area contributed by atoms with E-state index in [-0.39, 0.29) is 5.91 Å². The van der Waals surface area contributed by atoms with Gasteiger partial charge in [-0.05, 0) is 6.42 Å². The summed E-state index contributed by atoms with van der Waals surface area (Å²) in [4.78, 5) is 22.7. The number of anilines is 1. The number of hydrogen-bond donors (Lipinski definition) is 1. The zero-order valence-electron chi connectivity index (χ0n) is 14.1. The summed E-state index contributed by atoms with van der Waals surface area (Å²) in [7, 11) is 0. The Morgan fingerprint density at radius 1 is 1.33 bits per heavy atom. The van der Waals surface area contributed by atoms with Crippen LogP contribution in [-0.4, -0.2) is 54.5 Å². The normalized spacial score (nSPS) is 14.7. The van der Waals surface area contributed by atoms with Gasteiger partial charge in [0, 0.05) is 25.7 Å². The lowest BCUT2D eigenvalue weighted by Gasteiger charge is -2.27. The molecule has 0 radical (unpaired) electrons. The smallest absolute Gasteiger partial charge is 0.230 e. The number of nitrogens with one attached hydrogen (secondary N) is 1. The number of unbranched alkanes of at least 4 members (excludes halogenated alkanes) is 3. The van der Waals surface area contributed by atoms with Gasteiger partial charge in [-0.1, -0.05) is 49.5 Å². The zero-order valence-corrected chi connectivity index (χ0v) is 15.7. The lowest BCUT2D eigenvalue weighted by molar-refractivity contribution is -0.118. The highest BCUT2D eigenvalue weighted by molar-refractivity contribution is 7.99. The van der Waals surface area contributed by atoms with E-state index in [1.807, 2.05) is 0 Å². The van der Waals surface area contributed by atoms with Gasteiger partial charge < -0.3 is 15.0 Å². The van der Waals surface area contributed by atoms with Crippen molar-refractivity contribution < 1.29 is 9.53 Å². The van der Waals surface area contributed by atoms with Crippen molar-refractivity contribution in [2.75, 3.05) is 43.5 Å². The summed E-state index contributed by atoms with van der Waals surface area (Å²) >= 11 is 7.41. The van der Waals surface area contributed by atoms with Crippen LogP contribution in [0.4, 0.5) is 5.82 Å². The van der Waals surface area contributed by atoms with Gasteiger partial charge in [0.15, 0.2) is 5.16 Å². The molecule has 1 amide bonds. The van der Waals surface area contributed by atoms with E-state index in [1.165, 1.54) is 24.6 Å². The van der Waals surface area contributed by atoms with Crippen molar-refractivity contribution in [1.29, 1.82) is 0 Å². The fourth-order valence-corrected chi connectivity index (χ4v) is 3.28. The molecule has 0 bridgehead atoms. The maximum Gasteiger partial charge on any atom is 0.230 e. The fourth-order valence-electron chi connectivity index (χ4n) is 2.37. The molecule has 1 saturated heterocycles. The van der Waals surface area contributed by atoms with Gasteiger partial charge in [0.25, 0.3) is 0 Å². The number of aromatic nitrogens is 2. The van der Waals surface area contributed by atoms with Crippen LogP contribution in [0.2, 0.25) is 5.15 Å². The van der Waals surface area contributed by atoms with Crippen LogP contribution in [-0.2, 0) is 9.53 Å². The van der Waals surface area contributed by atoms with Gasteiger partial charge in [-0.2, -0.15) is 0 Å². The molecule has 0 atom stereocenters. The SMILES string of the molecule is CCCCCCNC(=O)CSc1nc(Cl)cc(N2CCOCC2)n1. The highest BCUT2D eigenvalue weighted by Crippen LogP contribution is 2.22. The summed E-state index contributed by atoms with van der Waals surface area (Å²) in [5.74, 6) is 1.10. The number of carbonyl (C=O) groups is 1. The van der Waals surface area contributed by atoms with E-state index in [4.69, 9.17) is 16.3 Å². The summed E-state index contributed by atoms with van der Waals surface area (Å²) in [5.41, 5.74) is 0. The highest BCUT2D eigenvalue weighted by Gasteiger charge is 2.15. The number of carbonyl (C=O) groups excluding carboxylic acids is 1. The number of thioether (sulfide) groups is 1. The first-order chi connectivity index (χ1) is 11.7. The van der Waals surface area contributed by atoms with Crippen LogP contribution in [0.15, 0.2) is 11.2 Å². The number of ether oxygens (including phenoxy) is 1. The van der Waals surface area contributed by atoms with Crippen molar-refractivity contribution in [2.45, 2.75) is 37.8 Å². The quantitative estimate of drug-likeness (QED) is 0.311. The molecule has 0 saturated carbocycles. The lowest BCUT2D eigenvalue weighted by Crippen LogP contribution is -2.36. The molecule has 24 heavy (non-hydrogen) atoms. The maximum absolute atomic E-state index is 11.9. The molecule has 0 aliphatic carbocycles. The Bertz CT molecular complexity index is 527. The number of halogens is 1. The third kappa shape index (κ3) is 6.83. The van der Waals surface area contributed by atoms with Gasteiger partial charge in [0.05, 0.1) is 19.0 Å². The largest absolute Gasteiger partial charge is 0.378 e. The summed E-state index contributed by atoms with van der Waals surface area (Å²) < 4.78 is 5.35. The summed E-state index contributed by atoms with van der Waals surface area (Å²) in [6.45, 7) is 5.85. The molecular formula is C16H25ClN4O2S. The minimum absolute atomic E-state index is 0.00740. The average molecular weight is 373 g/mol. The van der Waals surface area contributed by atoms with Crippen molar-refractivity contribution in [2.24, 2.45) is 0 Å². The summed E-state index contributed by atoms with van der Waals surface area (Å²) in [6.07, 6.45) is 4.59. The topological polar surface area (TPSA) is 67.4 Å². The van der Waals surface area contributed by atoms with Gasteiger partial charge >= 0.3 is 0 Å². The molecule has 1 fully saturated rings. The second kappa shape index (κ2) is 10.7. The number of morpholine rings is 1. The highest BCUT2D eigenvalue weighted by atomic mass is 35.5. The Morgan fingerprint density at radius 2 is 2.12 bits per heavy atom. The van der Waals surface area contributed by atoms with E-state index in [0.29, 0.717) is 29.3 Å². The van der Waals surface area contributed by atoms with Crippen LogP contribution in [0.1, 0.15) is 32.6 Å². The Morgan fingerprint density at radius 3 is 2.88 bits per heavy atom. The summed E-state index contributed by atoms with van der Waals surface area (Å²) in [6, 6.07) is 1.75. The van der Waals surface area contributed by atoms with Crippen molar-refractivity contribution in [3.8, 4) is 0 Å². The van der Waals surface area contributed by atoms with Crippen LogP contribution in [0.5, 0.6) is 0 Å². The van der Waals surface area contributed by atoms with Crippen molar-refractivity contribution in [3.05, 3.63) is 11.2 Å². The minimum atomic E-state index is 0.00740. The Kier molecular flexibility index (Phi) is 8.63. The molecule has 134 valence electrons. The second-order valence-electron chi connectivity index (χ2n) is 5.63. The van der Waals surface area contributed by atoms with Crippen LogP contribution < -0.4 is 10.2 Å². The average Bonchev–Trinajstić information content (AvgIpc) is 2.60. The van der Waals surface area contributed by atoms with Crippen LogP contribution in [0.3, 0.4) is 0 Å². The molecule has 0 spiro atoms. The predicted molar refractivity (Wildman–Crippen MR) is 97.9 cm³/mol. The summed E-state index contributed by atoms with van der Waals surface area (Å²) in [5, 5.41) is 3.86. The fraction of sp³-hybridized carbons (Fsp3) is 0.688. The number of amides is 1. The molecular weight excluding hydrogens is 348 g/mol. The molecule has 1 aromatic heterocycles. The monoisotopic (exact) mass is 372 g/mol. The van der Waals surface area contributed by atoms with Gasteiger partial charge in [-0.25, -0.2) is 9.97 Å². The van der Waals surface area contributed by atoms with E-state index in [2.05, 4.69) is 27.1 Å². The predicted octanol–water partition coefficient (Wildman–Crippen LogP) is 2.76. The first-order valence-electron chi connectivity index (χ1n) is 8.46. The Labute approximate surface area is 152 Å². The molecule has 0 aromatic carbocycles. The standard InChI is InChI=1S/C16H25ClN4O2S/c1-2-3-4-5-6-18-15(22)12-24-16-19-13(17)11-14(20-16)21-7-9-23-10-8-21/h11H,2-10,12H2,1H3,(H,18,22). The van der Waals surface area contributed by atoms with E-state index >= 15 is 0 Å². The van der Waals surface area contributed by atoms with Gasteiger partial charge in [0.1, 0.15) is 11.0 Å². The number of rotatable bonds is 9. The molecule has 1 aromatic rings. The molecule has 6 nitrogen and oxygen atoms in total. The molecule has 2 heterocycles. The minimum Gasteiger partial charge on any atom is -0.378 e. The molecule has 8 heteroatoms. The van der Waals surface area contributed by atoms with Crippen LogP contribution in [0.25, 0.3) is 0 Å². The number of hydrogen-bond acceptors (Lipinski definition) is 6. The maximum atomic E-state index is 11.9. The van der Waals surface area contributed by atoms with Crippen LogP contribution >= 0.6 is 23.4 Å². The van der Waals surface area contributed by atoms with Crippen LogP contribution in [0, 0.1) is 0 Å². The Balaban J connectivity index is 1.79. The second-order valence-corrected chi connectivity index (χ2v) is 6.96. The van der Waals surface area contributed by atoms with Gasteiger partial charge in [-0.3, -0.25) is 4.79 Å². The van der Waals surface area contributed by atoms with E-state index in [1.54, 1.807) is 6.07 Å².